The molecule has 43 heavy (non-hydrogen) atoms. The molecule has 4 aromatic carbocycles. The number of para-hydroxylation sites is 1. The summed E-state index contributed by atoms with van der Waals surface area (Å²) in [6.45, 7) is 0.423. The fraction of sp³-hybridized carbons (Fsp3) is 0.235. The maximum absolute atomic E-state index is 13.8. The van der Waals surface area contributed by atoms with Crippen LogP contribution in [0.1, 0.15) is 46.3 Å². The van der Waals surface area contributed by atoms with Crippen LogP contribution in [0, 0.1) is 5.92 Å². The Kier molecular flexibility index (Phi) is 8.99. The molecular weight excluding hydrogens is 557 g/mol. The first-order valence-electron chi connectivity index (χ1n) is 13.9. The van der Waals surface area contributed by atoms with E-state index < -0.39 is 35.8 Å². The Morgan fingerprint density at radius 3 is 2.00 bits per heavy atom. The van der Waals surface area contributed by atoms with Crippen LogP contribution in [0.5, 0.6) is 5.75 Å². The molecule has 2 unspecified atom stereocenters. The molecule has 2 N–H and O–H groups in total. The molecule has 2 atom stereocenters. The average molecular weight is 589 g/mol. The molecule has 0 aromatic heterocycles. The number of hydrogen-bond donors (Lipinski definition) is 1. The summed E-state index contributed by atoms with van der Waals surface area (Å²) in [6.07, 6.45) is -4.68. The van der Waals surface area contributed by atoms with E-state index in [1.165, 1.54) is 23.1 Å². The number of hydrogen-bond acceptors (Lipinski definition) is 4. The smallest absolute Gasteiger partial charge is 0.419 e. The van der Waals surface area contributed by atoms with Gasteiger partial charge >= 0.3 is 18.2 Å². The molecular formula is C34H31F3N2O4. The van der Waals surface area contributed by atoms with Crippen LogP contribution in [0.2, 0.25) is 0 Å². The first-order chi connectivity index (χ1) is 20.7. The number of nitrogens with zero attached hydrogens (tertiary/aromatic N) is 1. The fourth-order valence-electron chi connectivity index (χ4n) is 5.43. The average Bonchev–Trinajstić information content (AvgIpc) is 3.03. The topological polar surface area (TPSA) is 81.9 Å². The Bertz CT molecular complexity index is 1490. The minimum Gasteiger partial charge on any atom is -0.488 e. The van der Waals surface area contributed by atoms with E-state index in [9.17, 15) is 22.8 Å². The number of piperidine rings is 1. The number of alkyl halides is 3. The van der Waals surface area contributed by atoms with Gasteiger partial charge in [0.15, 0.2) is 6.10 Å². The van der Waals surface area contributed by atoms with Gasteiger partial charge in [0.1, 0.15) is 12.4 Å². The highest BCUT2D eigenvalue weighted by molar-refractivity contribution is 5.77. The predicted octanol–water partition coefficient (Wildman–Crippen LogP) is 7.10. The Balaban J connectivity index is 1.35. The molecule has 5 rings (SSSR count). The number of carbonyl (C=O) groups is 2. The molecule has 1 aliphatic rings. The van der Waals surface area contributed by atoms with Gasteiger partial charge in [0.25, 0.3) is 0 Å². The van der Waals surface area contributed by atoms with Crippen LogP contribution in [0.3, 0.4) is 0 Å². The normalized spacial score (nSPS) is 17.0. The van der Waals surface area contributed by atoms with Gasteiger partial charge in [0.05, 0.1) is 11.5 Å². The van der Waals surface area contributed by atoms with Gasteiger partial charge in [-0.05, 0) is 40.8 Å². The molecule has 0 saturated carbocycles. The summed E-state index contributed by atoms with van der Waals surface area (Å²) in [4.78, 5) is 27.3. The van der Waals surface area contributed by atoms with E-state index in [2.05, 4.69) is 0 Å². The summed E-state index contributed by atoms with van der Waals surface area (Å²) < 4.78 is 51.7. The van der Waals surface area contributed by atoms with Crippen molar-refractivity contribution in [2.45, 2.75) is 31.2 Å². The van der Waals surface area contributed by atoms with Crippen LogP contribution in [0.4, 0.5) is 18.0 Å². The number of ether oxygens (including phenoxy) is 2. The number of likely N-dealkylation sites (tertiary alicyclic amines) is 1. The van der Waals surface area contributed by atoms with Crippen LogP contribution in [0.15, 0.2) is 109 Å². The van der Waals surface area contributed by atoms with Crippen LogP contribution in [0.25, 0.3) is 0 Å². The molecule has 6 nitrogen and oxygen atoms in total. The van der Waals surface area contributed by atoms with Crippen LogP contribution in [-0.4, -0.2) is 30.0 Å². The van der Waals surface area contributed by atoms with Crippen molar-refractivity contribution in [2.75, 3.05) is 13.1 Å². The van der Waals surface area contributed by atoms with Crippen molar-refractivity contribution in [3.63, 3.8) is 0 Å². The van der Waals surface area contributed by atoms with Gasteiger partial charge in [-0.25, -0.2) is 4.79 Å². The molecule has 0 aliphatic carbocycles. The minimum atomic E-state index is -4.52. The zero-order chi connectivity index (χ0) is 30.4. The Labute approximate surface area is 247 Å². The highest BCUT2D eigenvalue weighted by atomic mass is 19.4. The SMILES string of the molecule is NC(=O)N1CCC(c2ccc(COc3ccccc3C(F)(F)F)cc2)C(C(=O)OC(c2ccccc2)c2ccccc2)C1. The zero-order valence-electron chi connectivity index (χ0n) is 23.2. The lowest BCUT2D eigenvalue weighted by Crippen LogP contribution is -2.48. The molecule has 0 spiro atoms. The summed E-state index contributed by atoms with van der Waals surface area (Å²) >= 11 is 0. The summed E-state index contributed by atoms with van der Waals surface area (Å²) in [5, 5.41) is 0. The van der Waals surface area contributed by atoms with E-state index >= 15 is 0 Å². The van der Waals surface area contributed by atoms with E-state index in [1.807, 2.05) is 72.8 Å². The molecule has 1 fully saturated rings. The van der Waals surface area contributed by atoms with E-state index in [1.54, 1.807) is 12.1 Å². The molecule has 0 radical (unpaired) electrons. The van der Waals surface area contributed by atoms with E-state index in [0.29, 0.717) is 18.5 Å². The Morgan fingerprint density at radius 2 is 1.42 bits per heavy atom. The standard InChI is InChI=1S/C34H31F3N2O4/c35-34(36,37)29-13-7-8-14-30(29)42-22-23-15-17-24(18-16-23)27-19-20-39(33(38)41)21-28(27)32(40)43-31(25-9-3-1-4-10-25)26-11-5-2-6-12-26/h1-18,27-28,31H,19-22H2,(H2,38,41). The number of urea groups is 1. The second-order valence-electron chi connectivity index (χ2n) is 10.4. The highest BCUT2D eigenvalue weighted by Gasteiger charge is 2.39. The fourth-order valence-corrected chi connectivity index (χ4v) is 5.43. The number of carbonyl (C=O) groups excluding carboxylic acids is 2. The minimum absolute atomic E-state index is 0.0607. The van der Waals surface area contributed by atoms with Crippen molar-refractivity contribution in [1.82, 2.24) is 4.90 Å². The van der Waals surface area contributed by atoms with Crippen LogP contribution < -0.4 is 10.5 Å². The quantitative estimate of drug-likeness (QED) is 0.223. The third kappa shape index (κ3) is 7.17. The molecule has 2 amide bonds. The van der Waals surface area contributed by atoms with Crippen molar-refractivity contribution in [1.29, 1.82) is 0 Å². The van der Waals surface area contributed by atoms with Crippen molar-refractivity contribution in [2.24, 2.45) is 11.7 Å². The largest absolute Gasteiger partial charge is 0.488 e. The van der Waals surface area contributed by atoms with E-state index in [-0.39, 0.29) is 24.8 Å². The van der Waals surface area contributed by atoms with Crippen molar-refractivity contribution >= 4 is 12.0 Å². The lowest BCUT2D eigenvalue weighted by molar-refractivity contribution is -0.155. The summed E-state index contributed by atoms with van der Waals surface area (Å²) in [6, 6.07) is 30.6. The van der Waals surface area contributed by atoms with Crippen LogP contribution in [-0.2, 0) is 22.3 Å². The van der Waals surface area contributed by atoms with E-state index in [0.717, 1.165) is 22.8 Å². The zero-order valence-corrected chi connectivity index (χ0v) is 23.2. The van der Waals surface area contributed by atoms with Crippen molar-refractivity contribution in [3.8, 4) is 5.75 Å². The number of halogens is 3. The summed E-state index contributed by atoms with van der Waals surface area (Å²) in [7, 11) is 0. The van der Waals surface area contributed by atoms with Gasteiger partial charge in [0.2, 0.25) is 0 Å². The molecule has 1 heterocycles. The van der Waals surface area contributed by atoms with Gasteiger partial charge < -0.3 is 20.1 Å². The van der Waals surface area contributed by atoms with Gasteiger partial charge in [-0.1, -0.05) is 97.1 Å². The van der Waals surface area contributed by atoms with Gasteiger partial charge in [-0.2, -0.15) is 13.2 Å². The first kappa shape index (κ1) is 29.7. The Morgan fingerprint density at radius 1 is 0.837 bits per heavy atom. The molecule has 1 saturated heterocycles. The molecule has 4 aromatic rings. The number of esters is 1. The molecule has 222 valence electrons. The monoisotopic (exact) mass is 588 g/mol. The Hall–Kier alpha value is -4.79. The molecule has 0 bridgehead atoms. The number of amides is 2. The maximum atomic E-state index is 13.8. The van der Waals surface area contributed by atoms with E-state index in [4.69, 9.17) is 15.2 Å². The third-order valence-corrected chi connectivity index (χ3v) is 7.66. The molecule has 9 heteroatoms. The maximum Gasteiger partial charge on any atom is 0.419 e. The van der Waals surface area contributed by atoms with Gasteiger partial charge in [-0.3, -0.25) is 4.79 Å². The summed E-state index contributed by atoms with van der Waals surface area (Å²) in [5.41, 5.74) is 7.90. The molecule has 1 aliphatic heterocycles. The number of nitrogens with two attached hydrogens (primary N) is 1. The second-order valence-corrected chi connectivity index (χ2v) is 10.4. The lowest BCUT2D eigenvalue weighted by atomic mass is 9.80. The predicted molar refractivity (Wildman–Crippen MR) is 155 cm³/mol. The van der Waals surface area contributed by atoms with Crippen LogP contribution >= 0.6 is 0 Å². The first-order valence-corrected chi connectivity index (χ1v) is 13.9. The third-order valence-electron chi connectivity index (χ3n) is 7.66. The number of primary amides is 1. The summed E-state index contributed by atoms with van der Waals surface area (Å²) in [5.74, 6) is -1.65. The van der Waals surface area contributed by atoms with Crippen molar-refractivity contribution < 1.29 is 32.2 Å². The second kappa shape index (κ2) is 13.0. The van der Waals surface area contributed by atoms with Crippen molar-refractivity contribution in [3.05, 3.63) is 137 Å². The number of benzene rings is 4. The van der Waals surface area contributed by atoms with Gasteiger partial charge in [-0.15, -0.1) is 0 Å². The lowest BCUT2D eigenvalue weighted by Gasteiger charge is -2.37. The highest BCUT2D eigenvalue weighted by Crippen LogP contribution is 2.38. The van der Waals surface area contributed by atoms with Gasteiger partial charge in [0, 0.05) is 19.0 Å². The number of rotatable bonds is 8.